The van der Waals surface area contributed by atoms with Crippen LogP contribution in [0, 0.1) is 5.82 Å². The lowest BCUT2D eigenvalue weighted by molar-refractivity contribution is 0.582. The first-order valence-electron chi connectivity index (χ1n) is 6.47. The van der Waals surface area contributed by atoms with Crippen LogP contribution in [0.25, 0.3) is 11.3 Å². The Bertz CT molecular complexity index is 872. The summed E-state index contributed by atoms with van der Waals surface area (Å²) < 4.78 is 45.1. The van der Waals surface area contributed by atoms with Gasteiger partial charge in [0.05, 0.1) is 11.2 Å². The Morgan fingerprint density at radius 1 is 0.955 bits per heavy atom. The zero-order chi connectivity index (χ0) is 15.6. The summed E-state index contributed by atoms with van der Waals surface area (Å²) in [5.74, 6) is 0.154. The molecule has 0 bridgehead atoms. The second-order valence-corrected chi connectivity index (χ2v) is 6.30. The maximum Gasteiger partial charge on any atom is 0.261 e. The van der Waals surface area contributed by atoms with E-state index in [0.717, 1.165) is 17.7 Å². The summed E-state index contributed by atoms with van der Waals surface area (Å²) in [6.07, 6.45) is 1.55. The number of anilines is 1. The highest BCUT2D eigenvalue weighted by Crippen LogP contribution is 2.24. The monoisotopic (exact) mass is 317 g/mol. The average Bonchev–Trinajstić information content (AvgIpc) is 3.02. The molecule has 0 unspecified atom stereocenters. The Labute approximate surface area is 127 Å². The molecule has 0 aliphatic carbocycles. The van der Waals surface area contributed by atoms with Gasteiger partial charge in [-0.15, -0.1) is 0 Å². The van der Waals surface area contributed by atoms with Gasteiger partial charge in [-0.05, 0) is 48.5 Å². The van der Waals surface area contributed by atoms with Gasteiger partial charge in [0.2, 0.25) is 0 Å². The fraction of sp³-hybridized carbons (Fsp3) is 0. The van der Waals surface area contributed by atoms with Crippen molar-refractivity contribution in [3.63, 3.8) is 0 Å². The molecule has 0 saturated carbocycles. The van der Waals surface area contributed by atoms with Crippen LogP contribution in [0.2, 0.25) is 0 Å². The number of benzene rings is 2. The summed E-state index contributed by atoms with van der Waals surface area (Å²) in [6, 6.07) is 15.0. The van der Waals surface area contributed by atoms with Gasteiger partial charge in [-0.1, -0.05) is 12.1 Å². The molecule has 3 rings (SSSR count). The van der Waals surface area contributed by atoms with Gasteiger partial charge >= 0.3 is 0 Å². The van der Waals surface area contributed by atoms with Crippen molar-refractivity contribution in [2.75, 3.05) is 4.72 Å². The van der Waals surface area contributed by atoms with Crippen molar-refractivity contribution in [2.45, 2.75) is 4.90 Å². The Kier molecular flexibility index (Phi) is 3.68. The standard InChI is InChI=1S/C16H12FNO3S/c17-13-6-8-15(9-7-13)22(19,20)18-14-4-1-3-12(11-14)16-5-2-10-21-16/h1-11,18H. The molecular weight excluding hydrogens is 305 g/mol. The maximum atomic E-state index is 12.9. The van der Waals surface area contributed by atoms with E-state index in [1.54, 1.807) is 36.6 Å². The molecule has 0 amide bonds. The van der Waals surface area contributed by atoms with Gasteiger partial charge in [-0.3, -0.25) is 4.72 Å². The Morgan fingerprint density at radius 2 is 1.73 bits per heavy atom. The summed E-state index contributed by atoms with van der Waals surface area (Å²) in [5, 5.41) is 0. The molecule has 0 radical (unpaired) electrons. The number of rotatable bonds is 4. The first-order chi connectivity index (χ1) is 10.5. The van der Waals surface area contributed by atoms with E-state index in [9.17, 15) is 12.8 Å². The van der Waals surface area contributed by atoms with Crippen LogP contribution in [0.5, 0.6) is 0 Å². The van der Waals surface area contributed by atoms with Crippen molar-refractivity contribution in [1.29, 1.82) is 0 Å². The highest BCUT2D eigenvalue weighted by atomic mass is 32.2. The molecule has 6 heteroatoms. The van der Waals surface area contributed by atoms with Gasteiger partial charge in [-0.25, -0.2) is 12.8 Å². The van der Waals surface area contributed by atoms with E-state index < -0.39 is 15.8 Å². The molecule has 0 aliphatic rings. The fourth-order valence-corrected chi connectivity index (χ4v) is 3.06. The Hall–Kier alpha value is -2.60. The second-order valence-electron chi connectivity index (χ2n) is 4.62. The fourth-order valence-electron chi connectivity index (χ4n) is 2.01. The third kappa shape index (κ3) is 3.01. The summed E-state index contributed by atoms with van der Waals surface area (Å²) in [6.45, 7) is 0. The van der Waals surface area contributed by atoms with E-state index in [2.05, 4.69) is 4.72 Å². The Balaban J connectivity index is 1.89. The SMILES string of the molecule is O=S(=O)(Nc1cccc(-c2ccco2)c1)c1ccc(F)cc1. The molecular formula is C16H12FNO3S. The molecule has 1 N–H and O–H groups in total. The van der Waals surface area contributed by atoms with Crippen molar-refractivity contribution in [1.82, 2.24) is 0 Å². The molecule has 112 valence electrons. The first kappa shape index (κ1) is 14.3. The second kappa shape index (κ2) is 5.65. The minimum absolute atomic E-state index is 0.00250. The van der Waals surface area contributed by atoms with Crippen LogP contribution in [0.15, 0.2) is 76.2 Å². The molecule has 0 saturated heterocycles. The predicted octanol–water partition coefficient (Wildman–Crippen LogP) is 3.89. The van der Waals surface area contributed by atoms with Crippen molar-refractivity contribution in [2.24, 2.45) is 0 Å². The molecule has 4 nitrogen and oxygen atoms in total. The number of sulfonamides is 1. The number of hydrogen-bond donors (Lipinski definition) is 1. The minimum Gasteiger partial charge on any atom is -0.464 e. The van der Waals surface area contributed by atoms with Crippen molar-refractivity contribution >= 4 is 15.7 Å². The molecule has 0 aliphatic heterocycles. The highest BCUT2D eigenvalue weighted by Gasteiger charge is 2.14. The van der Waals surface area contributed by atoms with Crippen LogP contribution in [-0.2, 0) is 10.0 Å². The summed E-state index contributed by atoms with van der Waals surface area (Å²) >= 11 is 0. The summed E-state index contributed by atoms with van der Waals surface area (Å²) in [4.78, 5) is -0.00250. The number of nitrogens with one attached hydrogen (secondary N) is 1. The smallest absolute Gasteiger partial charge is 0.261 e. The summed E-state index contributed by atoms with van der Waals surface area (Å²) in [5.41, 5.74) is 1.16. The van der Waals surface area contributed by atoms with Crippen LogP contribution in [-0.4, -0.2) is 8.42 Å². The zero-order valence-electron chi connectivity index (χ0n) is 11.4. The van der Waals surface area contributed by atoms with Gasteiger partial charge in [0, 0.05) is 11.3 Å². The minimum atomic E-state index is -3.76. The van der Waals surface area contributed by atoms with E-state index in [4.69, 9.17) is 4.42 Å². The van der Waals surface area contributed by atoms with Crippen LogP contribution >= 0.6 is 0 Å². The highest BCUT2D eigenvalue weighted by molar-refractivity contribution is 7.92. The topological polar surface area (TPSA) is 59.3 Å². The van der Waals surface area contributed by atoms with Crippen LogP contribution < -0.4 is 4.72 Å². The average molecular weight is 317 g/mol. The lowest BCUT2D eigenvalue weighted by atomic mass is 10.1. The van der Waals surface area contributed by atoms with Gasteiger partial charge in [-0.2, -0.15) is 0 Å². The quantitative estimate of drug-likeness (QED) is 0.794. The van der Waals surface area contributed by atoms with E-state index in [1.807, 2.05) is 6.07 Å². The zero-order valence-corrected chi connectivity index (χ0v) is 12.2. The molecule has 0 atom stereocenters. The van der Waals surface area contributed by atoms with E-state index in [0.29, 0.717) is 11.4 Å². The van der Waals surface area contributed by atoms with Crippen LogP contribution in [0.4, 0.5) is 10.1 Å². The van der Waals surface area contributed by atoms with Gasteiger partial charge in [0.15, 0.2) is 0 Å². The van der Waals surface area contributed by atoms with E-state index in [1.165, 1.54) is 12.1 Å². The van der Waals surface area contributed by atoms with Crippen molar-refractivity contribution in [3.05, 3.63) is 72.7 Å². The van der Waals surface area contributed by atoms with Crippen molar-refractivity contribution < 1.29 is 17.2 Å². The number of hydrogen-bond acceptors (Lipinski definition) is 3. The molecule has 1 heterocycles. The first-order valence-corrected chi connectivity index (χ1v) is 7.95. The van der Waals surface area contributed by atoms with Gasteiger partial charge < -0.3 is 4.42 Å². The van der Waals surface area contributed by atoms with E-state index in [-0.39, 0.29) is 4.90 Å². The third-order valence-corrected chi connectivity index (χ3v) is 4.44. The molecule has 0 spiro atoms. The normalized spacial score (nSPS) is 11.3. The molecule has 0 fully saturated rings. The Morgan fingerprint density at radius 3 is 2.41 bits per heavy atom. The van der Waals surface area contributed by atoms with Gasteiger partial charge in [0.25, 0.3) is 10.0 Å². The maximum absolute atomic E-state index is 12.9. The van der Waals surface area contributed by atoms with Gasteiger partial charge in [0.1, 0.15) is 11.6 Å². The lowest BCUT2D eigenvalue weighted by Crippen LogP contribution is -2.12. The third-order valence-electron chi connectivity index (χ3n) is 3.04. The predicted molar refractivity (Wildman–Crippen MR) is 81.4 cm³/mol. The largest absolute Gasteiger partial charge is 0.464 e. The number of halogens is 1. The lowest BCUT2D eigenvalue weighted by Gasteiger charge is -2.09. The number of furan rings is 1. The molecule has 1 aromatic heterocycles. The summed E-state index contributed by atoms with van der Waals surface area (Å²) in [7, 11) is -3.76. The van der Waals surface area contributed by atoms with Crippen LogP contribution in [0.1, 0.15) is 0 Å². The van der Waals surface area contributed by atoms with Crippen LogP contribution in [0.3, 0.4) is 0 Å². The van der Waals surface area contributed by atoms with E-state index >= 15 is 0 Å². The van der Waals surface area contributed by atoms with Crippen molar-refractivity contribution in [3.8, 4) is 11.3 Å². The molecule has 2 aromatic carbocycles. The molecule has 22 heavy (non-hydrogen) atoms. The molecule has 3 aromatic rings.